The van der Waals surface area contributed by atoms with Crippen molar-refractivity contribution in [1.82, 2.24) is 4.98 Å². The number of anilines is 1. The molecule has 0 saturated heterocycles. The molecule has 0 aliphatic rings. The molecule has 0 amide bonds. The SMILES string of the molecule is CCSCCC(C)N(C)c1ccc(C#N)cn1. The van der Waals surface area contributed by atoms with Gasteiger partial charge in [0.2, 0.25) is 0 Å². The minimum Gasteiger partial charge on any atom is -0.357 e. The van der Waals surface area contributed by atoms with Crippen molar-refractivity contribution >= 4 is 17.6 Å². The van der Waals surface area contributed by atoms with Crippen LogP contribution in [0.5, 0.6) is 0 Å². The van der Waals surface area contributed by atoms with E-state index >= 15 is 0 Å². The number of nitrogens with zero attached hydrogens (tertiary/aromatic N) is 3. The molecule has 1 atom stereocenters. The maximum Gasteiger partial charge on any atom is 0.128 e. The van der Waals surface area contributed by atoms with Crippen LogP contribution in [0.4, 0.5) is 5.82 Å². The van der Waals surface area contributed by atoms with Gasteiger partial charge in [0.25, 0.3) is 0 Å². The molecular formula is C13H19N3S. The predicted octanol–water partition coefficient (Wildman–Crippen LogP) is 2.92. The van der Waals surface area contributed by atoms with Gasteiger partial charge in [0.05, 0.1) is 5.56 Å². The Hall–Kier alpha value is -1.21. The topological polar surface area (TPSA) is 39.9 Å². The molecule has 0 aromatic carbocycles. The van der Waals surface area contributed by atoms with Gasteiger partial charge in [-0.15, -0.1) is 0 Å². The minimum absolute atomic E-state index is 0.467. The second-order valence-corrected chi connectivity index (χ2v) is 5.36. The maximum atomic E-state index is 8.71. The van der Waals surface area contributed by atoms with Gasteiger partial charge in [0, 0.05) is 19.3 Å². The first kappa shape index (κ1) is 13.9. The molecule has 0 N–H and O–H groups in total. The summed E-state index contributed by atoms with van der Waals surface area (Å²) in [5, 5.41) is 8.71. The molecule has 3 nitrogen and oxygen atoms in total. The van der Waals surface area contributed by atoms with Gasteiger partial charge in [-0.1, -0.05) is 6.92 Å². The Bertz CT molecular complexity index is 369. The fourth-order valence-corrected chi connectivity index (χ4v) is 2.27. The van der Waals surface area contributed by atoms with Crippen molar-refractivity contribution in [3.8, 4) is 6.07 Å². The van der Waals surface area contributed by atoms with Crippen LogP contribution in [0.2, 0.25) is 0 Å². The number of rotatable bonds is 6. The molecule has 1 aromatic rings. The van der Waals surface area contributed by atoms with Gasteiger partial charge in [-0.2, -0.15) is 17.0 Å². The van der Waals surface area contributed by atoms with E-state index in [2.05, 4.69) is 36.8 Å². The second-order valence-electron chi connectivity index (χ2n) is 3.96. The third kappa shape index (κ3) is 4.27. The summed E-state index contributed by atoms with van der Waals surface area (Å²) in [5.74, 6) is 3.28. The molecule has 0 aliphatic carbocycles. The highest BCUT2D eigenvalue weighted by Gasteiger charge is 2.10. The molecule has 0 radical (unpaired) electrons. The Morgan fingerprint density at radius 1 is 1.53 bits per heavy atom. The Kier molecular flexibility index (Phi) is 5.85. The zero-order valence-corrected chi connectivity index (χ0v) is 11.5. The van der Waals surface area contributed by atoms with Gasteiger partial charge in [-0.3, -0.25) is 0 Å². The van der Waals surface area contributed by atoms with Crippen molar-refractivity contribution in [2.75, 3.05) is 23.5 Å². The fraction of sp³-hybridized carbons (Fsp3) is 0.538. The van der Waals surface area contributed by atoms with E-state index in [1.54, 1.807) is 6.20 Å². The van der Waals surface area contributed by atoms with E-state index < -0.39 is 0 Å². The Labute approximate surface area is 108 Å². The normalized spacial score (nSPS) is 11.9. The van der Waals surface area contributed by atoms with Crippen molar-refractivity contribution in [2.24, 2.45) is 0 Å². The molecule has 4 heteroatoms. The molecule has 1 unspecified atom stereocenters. The molecule has 0 saturated carbocycles. The van der Waals surface area contributed by atoms with Crippen molar-refractivity contribution in [1.29, 1.82) is 5.26 Å². The van der Waals surface area contributed by atoms with Crippen LogP contribution in [0, 0.1) is 11.3 Å². The van der Waals surface area contributed by atoms with Crippen molar-refractivity contribution in [3.05, 3.63) is 23.9 Å². The van der Waals surface area contributed by atoms with E-state index in [0.29, 0.717) is 11.6 Å². The van der Waals surface area contributed by atoms with E-state index in [9.17, 15) is 0 Å². The lowest BCUT2D eigenvalue weighted by atomic mass is 10.2. The Morgan fingerprint density at radius 2 is 2.29 bits per heavy atom. The lowest BCUT2D eigenvalue weighted by Crippen LogP contribution is -2.30. The molecule has 92 valence electrons. The lowest BCUT2D eigenvalue weighted by Gasteiger charge is -2.25. The molecule has 0 spiro atoms. The monoisotopic (exact) mass is 249 g/mol. The zero-order valence-electron chi connectivity index (χ0n) is 10.7. The van der Waals surface area contributed by atoms with E-state index in [4.69, 9.17) is 5.26 Å². The summed E-state index contributed by atoms with van der Waals surface area (Å²) in [7, 11) is 2.05. The van der Waals surface area contributed by atoms with Gasteiger partial charge in [-0.05, 0) is 37.0 Å². The van der Waals surface area contributed by atoms with E-state index in [1.807, 2.05) is 23.9 Å². The fourth-order valence-electron chi connectivity index (χ4n) is 1.48. The van der Waals surface area contributed by atoms with E-state index in [0.717, 1.165) is 12.2 Å². The molecule has 1 aromatic heterocycles. The van der Waals surface area contributed by atoms with Gasteiger partial charge < -0.3 is 4.90 Å². The molecule has 0 aliphatic heterocycles. The molecule has 17 heavy (non-hydrogen) atoms. The van der Waals surface area contributed by atoms with Crippen LogP contribution in [0.25, 0.3) is 0 Å². The Balaban J connectivity index is 2.55. The van der Waals surface area contributed by atoms with Crippen LogP contribution in [0.3, 0.4) is 0 Å². The standard InChI is InChI=1S/C13H19N3S/c1-4-17-8-7-11(2)16(3)13-6-5-12(9-14)10-15-13/h5-6,10-11H,4,7-8H2,1-3H3. The minimum atomic E-state index is 0.467. The summed E-state index contributed by atoms with van der Waals surface area (Å²) in [6, 6.07) is 6.26. The Morgan fingerprint density at radius 3 is 2.82 bits per heavy atom. The van der Waals surface area contributed by atoms with Gasteiger partial charge >= 0.3 is 0 Å². The number of nitriles is 1. The van der Waals surface area contributed by atoms with Crippen LogP contribution >= 0.6 is 11.8 Å². The molecule has 0 fully saturated rings. The average Bonchev–Trinajstić information content (AvgIpc) is 2.38. The average molecular weight is 249 g/mol. The smallest absolute Gasteiger partial charge is 0.128 e. The van der Waals surface area contributed by atoms with Crippen molar-refractivity contribution < 1.29 is 0 Å². The summed E-state index contributed by atoms with van der Waals surface area (Å²) in [4.78, 5) is 6.46. The first-order valence-corrected chi connectivity index (χ1v) is 7.01. The maximum absolute atomic E-state index is 8.71. The summed E-state index contributed by atoms with van der Waals surface area (Å²) in [6.07, 6.45) is 2.77. The highest BCUT2D eigenvalue weighted by molar-refractivity contribution is 7.99. The van der Waals surface area contributed by atoms with Crippen LogP contribution in [-0.2, 0) is 0 Å². The van der Waals surface area contributed by atoms with E-state index in [1.165, 1.54) is 11.5 Å². The molecule has 1 heterocycles. The highest BCUT2D eigenvalue weighted by Crippen LogP contribution is 2.15. The highest BCUT2D eigenvalue weighted by atomic mass is 32.2. The molecular weight excluding hydrogens is 230 g/mol. The molecule has 1 rings (SSSR count). The van der Waals surface area contributed by atoms with Gasteiger partial charge in [-0.25, -0.2) is 4.98 Å². The quantitative estimate of drug-likeness (QED) is 0.727. The van der Waals surface area contributed by atoms with Crippen LogP contribution in [0.15, 0.2) is 18.3 Å². The van der Waals surface area contributed by atoms with Crippen molar-refractivity contribution in [2.45, 2.75) is 26.3 Å². The zero-order chi connectivity index (χ0) is 12.7. The third-order valence-corrected chi connectivity index (χ3v) is 3.72. The van der Waals surface area contributed by atoms with Gasteiger partial charge in [0.15, 0.2) is 0 Å². The molecule has 0 bridgehead atoms. The number of aromatic nitrogens is 1. The first-order chi connectivity index (χ1) is 8.19. The van der Waals surface area contributed by atoms with Gasteiger partial charge in [0.1, 0.15) is 11.9 Å². The number of hydrogen-bond donors (Lipinski definition) is 0. The number of thioether (sulfide) groups is 1. The first-order valence-electron chi connectivity index (χ1n) is 5.85. The van der Waals surface area contributed by atoms with Crippen LogP contribution in [0.1, 0.15) is 25.8 Å². The third-order valence-electron chi connectivity index (χ3n) is 2.78. The number of pyridine rings is 1. The lowest BCUT2D eigenvalue weighted by molar-refractivity contribution is 0.662. The second kappa shape index (κ2) is 7.18. The summed E-state index contributed by atoms with van der Waals surface area (Å²) >= 11 is 1.96. The summed E-state index contributed by atoms with van der Waals surface area (Å²) in [6.45, 7) is 4.39. The summed E-state index contributed by atoms with van der Waals surface area (Å²) in [5.41, 5.74) is 0.608. The number of hydrogen-bond acceptors (Lipinski definition) is 4. The van der Waals surface area contributed by atoms with Crippen LogP contribution in [-0.4, -0.2) is 29.6 Å². The van der Waals surface area contributed by atoms with Crippen LogP contribution < -0.4 is 4.90 Å². The largest absolute Gasteiger partial charge is 0.357 e. The predicted molar refractivity (Wildman–Crippen MR) is 74.4 cm³/mol. The van der Waals surface area contributed by atoms with E-state index in [-0.39, 0.29) is 0 Å². The van der Waals surface area contributed by atoms with Crippen molar-refractivity contribution in [3.63, 3.8) is 0 Å². The summed E-state index contributed by atoms with van der Waals surface area (Å²) < 4.78 is 0.